The monoisotopic (exact) mass is 326 g/mol. The van der Waals surface area contributed by atoms with Gasteiger partial charge in [0.15, 0.2) is 0 Å². The highest BCUT2D eigenvalue weighted by Gasteiger charge is 2.45. The van der Waals surface area contributed by atoms with Crippen molar-refractivity contribution in [3.05, 3.63) is 35.4 Å². The number of rotatable bonds is 2. The van der Waals surface area contributed by atoms with Crippen LogP contribution in [0.2, 0.25) is 0 Å². The Kier molecular flexibility index (Phi) is 4.38. The zero-order valence-corrected chi connectivity index (χ0v) is 15.0. The summed E-state index contributed by atoms with van der Waals surface area (Å²) in [6.07, 6.45) is 8.25. The molecule has 1 spiro atoms. The van der Waals surface area contributed by atoms with Crippen LogP contribution in [-0.4, -0.2) is 40.9 Å². The van der Waals surface area contributed by atoms with E-state index >= 15 is 0 Å². The number of carbonyl (C=O) groups excluding carboxylic acids is 1. The van der Waals surface area contributed by atoms with Crippen LogP contribution in [0, 0.1) is 5.92 Å². The summed E-state index contributed by atoms with van der Waals surface area (Å²) in [4.78, 5) is 18.1. The van der Waals surface area contributed by atoms with Gasteiger partial charge in [0, 0.05) is 24.5 Å². The van der Waals surface area contributed by atoms with Crippen LogP contribution in [-0.2, 0) is 17.8 Å². The fraction of sp³-hybridized carbons (Fsp3) is 0.667. The number of benzene rings is 1. The molecule has 0 aromatic heterocycles. The molecule has 1 saturated carbocycles. The average molecular weight is 326 g/mol. The molecule has 1 aromatic carbocycles. The number of likely N-dealkylation sites (tertiary alicyclic amines) is 1. The Morgan fingerprint density at radius 1 is 1.17 bits per heavy atom. The molecule has 1 aliphatic carbocycles. The molecule has 2 fully saturated rings. The molecule has 24 heavy (non-hydrogen) atoms. The molecule has 0 bridgehead atoms. The predicted molar refractivity (Wildman–Crippen MR) is 96.7 cm³/mol. The van der Waals surface area contributed by atoms with Crippen LogP contribution < -0.4 is 0 Å². The van der Waals surface area contributed by atoms with Gasteiger partial charge in [-0.2, -0.15) is 0 Å². The van der Waals surface area contributed by atoms with Gasteiger partial charge in [-0.15, -0.1) is 0 Å². The Balaban J connectivity index is 1.68. The van der Waals surface area contributed by atoms with Gasteiger partial charge in [0.25, 0.3) is 0 Å². The summed E-state index contributed by atoms with van der Waals surface area (Å²) >= 11 is 0. The van der Waals surface area contributed by atoms with Crippen LogP contribution in [0.1, 0.15) is 56.6 Å². The summed E-state index contributed by atoms with van der Waals surface area (Å²) < 4.78 is 0. The molecule has 1 atom stereocenters. The molecule has 2 heterocycles. The molecule has 1 saturated heterocycles. The van der Waals surface area contributed by atoms with Crippen LogP contribution >= 0.6 is 0 Å². The summed E-state index contributed by atoms with van der Waals surface area (Å²) in [5, 5.41) is 0. The molecule has 3 heteroatoms. The topological polar surface area (TPSA) is 23.6 Å². The molecule has 2 aliphatic heterocycles. The molecule has 0 N–H and O–H groups in total. The van der Waals surface area contributed by atoms with E-state index in [0.717, 1.165) is 38.9 Å². The smallest absolute Gasteiger partial charge is 0.226 e. The minimum Gasteiger partial charge on any atom is -0.336 e. The molecule has 1 amide bonds. The molecule has 130 valence electrons. The number of hydrogen-bond donors (Lipinski definition) is 0. The molecule has 4 rings (SSSR count). The first-order valence-corrected chi connectivity index (χ1v) is 9.82. The summed E-state index contributed by atoms with van der Waals surface area (Å²) in [5.74, 6) is 0.704. The van der Waals surface area contributed by atoms with Crippen molar-refractivity contribution < 1.29 is 4.79 Å². The number of amides is 1. The van der Waals surface area contributed by atoms with Crippen molar-refractivity contribution in [2.24, 2.45) is 5.92 Å². The van der Waals surface area contributed by atoms with E-state index in [1.807, 2.05) is 0 Å². The second-order valence-electron chi connectivity index (χ2n) is 8.03. The van der Waals surface area contributed by atoms with Gasteiger partial charge in [0.05, 0.1) is 0 Å². The summed E-state index contributed by atoms with van der Waals surface area (Å²) in [7, 11) is 0. The fourth-order valence-corrected chi connectivity index (χ4v) is 5.37. The minimum absolute atomic E-state index is 0.162. The normalized spacial score (nSPS) is 28.3. The second-order valence-corrected chi connectivity index (χ2v) is 8.03. The third-order valence-corrected chi connectivity index (χ3v) is 6.62. The third kappa shape index (κ3) is 2.77. The molecule has 3 aliphatic rings. The van der Waals surface area contributed by atoms with Gasteiger partial charge >= 0.3 is 0 Å². The van der Waals surface area contributed by atoms with Gasteiger partial charge in [-0.3, -0.25) is 9.69 Å². The number of carbonyl (C=O) groups is 1. The zero-order valence-electron chi connectivity index (χ0n) is 15.0. The van der Waals surface area contributed by atoms with Crippen molar-refractivity contribution in [1.29, 1.82) is 0 Å². The quantitative estimate of drug-likeness (QED) is 0.829. The van der Waals surface area contributed by atoms with E-state index in [4.69, 9.17) is 0 Å². The standard InChI is InChI=1S/C21H30N2O/c1-2-23-13-7-12-21(23)14-18-10-5-6-11-19(18)15-22(16-21)20(24)17-8-3-4-9-17/h5-6,10-11,17H,2-4,7-9,12-16H2,1H3. The molecule has 1 unspecified atom stereocenters. The molecular weight excluding hydrogens is 296 g/mol. The number of fused-ring (bicyclic) bond motifs is 1. The van der Waals surface area contributed by atoms with E-state index in [0.29, 0.717) is 5.91 Å². The van der Waals surface area contributed by atoms with Crippen LogP contribution in [0.25, 0.3) is 0 Å². The lowest BCUT2D eigenvalue weighted by Gasteiger charge is -2.40. The van der Waals surface area contributed by atoms with Crippen molar-refractivity contribution in [2.75, 3.05) is 19.6 Å². The Morgan fingerprint density at radius 2 is 1.92 bits per heavy atom. The van der Waals surface area contributed by atoms with Crippen LogP contribution in [0.3, 0.4) is 0 Å². The van der Waals surface area contributed by atoms with Crippen molar-refractivity contribution in [2.45, 2.75) is 64.0 Å². The highest BCUT2D eigenvalue weighted by atomic mass is 16.2. The zero-order chi connectivity index (χ0) is 16.6. The van der Waals surface area contributed by atoms with Gasteiger partial charge in [-0.05, 0) is 56.3 Å². The summed E-state index contributed by atoms with van der Waals surface area (Å²) in [5.41, 5.74) is 2.98. The van der Waals surface area contributed by atoms with Crippen molar-refractivity contribution in [1.82, 2.24) is 9.80 Å². The van der Waals surface area contributed by atoms with Crippen molar-refractivity contribution >= 4 is 5.91 Å². The lowest BCUT2D eigenvalue weighted by molar-refractivity contribution is -0.137. The van der Waals surface area contributed by atoms with E-state index in [9.17, 15) is 4.79 Å². The Morgan fingerprint density at radius 3 is 2.67 bits per heavy atom. The summed E-state index contributed by atoms with van der Waals surface area (Å²) in [6, 6.07) is 8.80. The van der Waals surface area contributed by atoms with Crippen molar-refractivity contribution in [3.8, 4) is 0 Å². The van der Waals surface area contributed by atoms with E-state index in [2.05, 4.69) is 41.0 Å². The maximum absolute atomic E-state index is 13.2. The predicted octanol–water partition coefficient (Wildman–Crippen LogP) is 3.62. The average Bonchev–Trinajstić information content (AvgIpc) is 3.21. The first kappa shape index (κ1) is 16.1. The lowest BCUT2D eigenvalue weighted by atomic mass is 9.87. The first-order valence-electron chi connectivity index (χ1n) is 9.82. The Bertz CT molecular complexity index is 608. The van der Waals surface area contributed by atoms with Crippen LogP contribution in [0.4, 0.5) is 0 Å². The maximum atomic E-state index is 13.2. The largest absolute Gasteiger partial charge is 0.336 e. The van der Waals surface area contributed by atoms with E-state index in [1.54, 1.807) is 0 Å². The van der Waals surface area contributed by atoms with E-state index in [-0.39, 0.29) is 11.5 Å². The third-order valence-electron chi connectivity index (χ3n) is 6.62. The maximum Gasteiger partial charge on any atom is 0.226 e. The second kappa shape index (κ2) is 6.51. The number of nitrogens with zero attached hydrogens (tertiary/aromatic N) is 2. The van der Waals surface area contributed by atoms with Gasteiger partial charge in [-0.1, -0.05) is 44.0 Å². The van der Waals surface area contributed by atoms with Gasteiger partial charge < -0.3 is 4.90 Å². The Hall–Kier alpha value is -1.35. The van der Waals surface area contributed by atoms with Crippen LogP contribution in [0.5, 0.6) is 0 Å². The Labute approximate surface area is 146 Å². The lowest BCUT2D eigenvalue weighted by Crippen LogP contribution is -2.54. The highest BCUT2D eigenvalue weighted by Crippen LogP contribution is 2.38. The molecule has 1 aromatic rings. The molecule has 3 nitrogen and oxygen atoms in total. The SMILES string of the molecule is CCN1CCCC12Cc1ccccc1CN(C(=O)C1CCCC1)C2. The first-order chi connectivity index (χ1) is 11.7. The van der Waals surface area contributed by atoms with E-state index in [1.165, 1.54) is 43.4 Å². The molecular formula is C21H30N2O. The van der Waals surface area contributed by atoms with Gasteiger partial charge in [-0.25, -0.2) is 0 Å². The highest BCUT2D eigenvalue weighted by molar-refractivity contribution is 5.79. The number of hydrogen-bond acceptors (Lipinski definition) is 2. The fourth-order valence-electron chi connectivity index (χ4n) is 5.37. The van der Waals surface area contributed by atoms with E-state index < -0.39 is 0 Å². The van der Waals surface area contributed by atoms with Gasteiger partial charge in [0.2, 0.25) is 5.91 Å². The number of likely N-dealkylation sites (N-methyl/N-ethyl adjacent to an activating group) is 1. The minimum atomic E-state index is 0.162. The van der Waals surface area contributed by atoms with Crippen LogP contribution in [0.15, 0.2) is 24.3 Å². The molecule has 0 radical (unpaired) electrons. The summed E-state index contributed by atoms with van der Waals surface area (Å²) in [6.45, 7) is 6.28. The van der Waals surface area contributed by atoms with Crippen molar-refractivity contribution in [3.63, 3.8) is 0 Å². The van der Waals surface area contributed by atoms with Gasteiger partial charge in [0.1, 0.15) is 0 Å².